The fourth-order valence-electron chi connectivity index (χ4n) is 2.46. The first kappa shape index (κ1) is 12.6. The fraction of sp³-hybridized carbons (Fsp3) is 0.538. The van der Waals surface area contributed by atoms with Crippen molar-refractivity contribution in [2.75, 3.05) is 24.2 Å². The number of thioether (sulfide) groups is 1. The Morgan fingerprint density at radius 3 is 2.79 bits per heavy atom. The maximum Gasteiger partial charge on any atom is 0.228 e. The van der Waals surface area contributed by atoms with Crippen LogP contribution in [0.1, 0.15) is 25.0 Å². The molecule has 0 N–H and O–H groups in total. The molecule has 3 rings (SSSR count). The molecule has 0 saturated carbocycles. The van der Waals surface area contributed by atoms with E-state index in [4.69, 9.17) is 4.42 Å². The standard InChI is InChI=1S/C13H18N4OS/c1-19-13-15-14-12(16-7-3-2-4-8-16)17(13)10-11-6-5-9-18-11/h5-6,9H,2-4,7-8,10H2,1H3. The van der Waals surface area contributed by atoms with Gasteiger partial charge in [-0.25, -0.2) is 0 Å². The predicted octanol–water partition coefficient (Wildman–Crippen LogP) is 2.63. The average molecular weight is 278 g/mol. The van der Waals surface area contributed by atoms with E-state index in [0.29, 0.717) is 6.54 Å². The summed E-state index contributed by atoms with van der Waals surface area (Å²) in [5.74, 6) is 1.91. The summed E-state index contributed by atoms with van der Waals surface area (Å²) in [5.41, 5.74) is 0. The van der Waals surface area contributed by atoms with Crippen LogP contribution in [-0.2, 0) is 6.54 Å². The number of aromatic nitrogens is 3. The summed E-state index contributed by atoms with van der Waals surface area (Å²) in [6.45, 7) is 2.84. The van der Waals surface area contributed by atoms with Gasteiger partial charge in [-0.2, -0.15) is 0 Å². The van der Waals surface area contributed by atoms with Gasteiger partial charge in [0, 0.05) is 13.1 Å². The lowest BCUT2D eigenvalue weighted by Gasteiger charge is -2.27. The molecular formula is C13H18N4OS. The van der Waals surface area contributed by atoms with Crippen molar-refractivity contribution in [2.24, 2.45) is 0 Å². The van der Waals surface area contributed by atoms with E-state index in [-0.39, 0.29) is 0 Å². The first-order valence-corrected chi connectivity index (χ1v) is 7.85. The van der Waals surface area contributed by atoms with Crippen molar-refractivity contribution in [1.29, 1.82) is 0 Å². The second-order valence-electron chi connectivity index (χ2n) is 4.70. The maximum absolute atomic E-state index is 5.44. The van der Waals surface area contributed by atoms with Crippen molar-refractivity contribution in [3.8, 4) is 0 Å². The molecule has 0 radical (unpaired) electrons. The van der Waals surface area contributed by atoms with E-state index in [1.54, 1.807) is 18.0 Å². The molecule has 0 amide bonds. The Bertz CT molecular complexity index is 517. The number of anilines is 1. The van der Waals surface area contributed by atoms with Crippen molar-refractivity contribution in [3.63, 3.8) is 0 Å². The normalized spacial score (nSPS) is 15.9. The van der Waals surface area contributed by atoms with Gasteiger partial charge in [0.15, 0.2) is 5.16 Å². The van der Waals surface area contributed by atoms with Crippen LogP contribution in [0.3, 0.4) is 0 Å². The Morgan fingerprint density at radius 1 is 1.26 bits per heavy atom. The van der Waals surface area contributed by atoms with Gasteiger partial charge in [0.1, 0.15) is 5.76 Å². The van der Waals surface area contributed by atoms with Crippen LogP contribution in [0.25, 0.3) is 0 Å². The van der Waals surface area contributed by atoms with E-state index in [9.17, 15) is 0 Å². The molecule has 1 aliphatic rings. The smallest absolute Gasteiger partial charge is 0.228 e. The molecule has 0 aliphatic carbocycles. The highest BCUT2D eigenvalue weighted by atomic mass is 32.2. The van der Waals surface area contributed by atoms with Gasteiger partial charge in [0.2, 0.25) is 5.95 Å². The Labute approximate surface area is 117 Å². The van der Waals surface area contributed by atoms with Gasteiger partial charge in [0.25, 0.3) is 0 Å². The molecule has 1 aliphatic heterocycles. The third-order valence-electron chi connectivity index (χ3n) is 3.41. The maximum atomic E-state index is 5.44. The van der Waals surface area contributed by atoms with Crippen LogP contribution in [0, 0.1) is 0 Å². The second-order valence-corrected chi connectivity index (χ2v) is 5.47. The summed E-state index contributed by atoms with van der Waals surface area (Å²) in [7, 11) is 0. The number of furan rings is 1. The van der Waals surface area contributed by atoms with Gasteiger partial charge in [-0.15, -0.1) is 10.2 Å². The van der Waals surface area contributed by atoms with E-state index >= 15 is 0 Å². The van der Waals surface area contributed by atoms with Crippen LogP contribution in [0.2, 0.25) is 0 Å². The highest BCUT2D eigenvalue weighted by Crippen LogP contribution is 2.24. The van der Waals surface area contributed by atoms with Gasteiger partial charge in [-0.05, 0) is 37.7 Å². The zero-order chi connectivity index (χ0) is 13.1. The van der Waals surface area contributed by atoms with E-state index in [2.05, 4.69) is 19.7 Å². The van der Waals surface area contributed by atoms with Crippen LogP contribution in [-0.4, -0.2) is 34.1 Å². The average Bonchev–Trinajstić information content (AvgIpc) is 3.10. The molecule has 0 unspecified atom stereocenters. The lowest BCUT2D eigenvalue weighted by molar-refractivity contribution is 0.479. The third kappa shape index (κ3) is 2.63. The molecule has 0 atom stereocenters. The minimum absolute atomic E-state index is 0.696. The van der Waals surface area contributed by atoms with Crippen LogP contribution >= 0.6 is 11.8 Å². The molecular weight excluding hydrogens is 260 g/mol. The van der Waals surface area contributed by atoms with Crippen LogP contribution in [0.5, 0.6) is 0 Å². The summed E-state index contributed by atoms with van der Waals surface area (Å²) in [6.07, 6.45) is 7.53. The molecule has 2 aromatic heterocycles. The van der Waals surface area contributed by atoms with Crippen molar-refractivity contribution in [3.05, 3.63) is 24.2 Å². The largest absolute Gasteiger partial charge is 0.467 e. The van der Waals surface area contributed by atoms with Gasteiger partial charge >= 0.3 is 0 Å². The van der Waals surface area contributed by atoms with E-state index in [0.717, 1.165) is 30.0 Å². The molecule has 0 aromatic carbocycles. The molecule has 1 fully saturated rings. The van der Waals surface area contributed by atoms with E-state index in [1.807, 2.05) is 18.4 Å². The Hall–Kier alpha value is -1.43. The van der Waals surface area contributed by atoms with Gasteiger partial charge in [-0.1, -0.05) is 11.8 Å². The highest BCUT2D eigenvalue weighted by molar-refractivity contribution is 7.98. The first-order valence-electron chi connectivity index (χ1n) is 6.63. The number of nitrogens with zero attached hydrogens (tertiary/aromatic N) is 4. The van der Waals surface area contributed by atoms with Gasteiger partial charge < -0.3 is 9.32 Å². The number of hydrogen-bond donors (Lipinski definition) is 0. The van der Waals surface area contributed by atoms with Crippen molar-refractivity contribution >= 4 is 17.7 Å². The molecule has 1 saturated heterocycles. The molecule has 102 valence electrons. The van der Waals surface area contributed by atoms with Gasteiger partial charge in [0.05, 0.1) is 12.8 Å². The summed E-state index contributed by atoms with van der Waals surface area (Å²) < 4.78 is 7.59. The van der Waals surface area contributed by atoms with Crippen LogP contribution in [0.4, 0.5) is 5.95 Å². The highest BCUT2D eigenvalue weighted by Gasteiger charge is 2.20. The second kappa shape index (κ2) is 5.69. The molecule has 6 heteroatoms. The van der Waals surface area contributed by atoms with Crippen molar-refractivity contribution in [2.45, 2.75) is 31.0 Å². The van der Waals surface area contributed by atoms with Gasteiger partial charge in [-0.3, -0.25) is 4.57 Å². The molecule has 5 nitrogen and oxygen atoms in total. The number of piperidine rings is 1. The van der Waals surface area contributed by atoms with E-state index in [1.165, 1.54) is 19.3 Å². The van der Waals surface area contributed by atoms with E-state index < -0.39 is 0 Å². The summed E-state index contributed by atoms with van der Waals surface area (Å²) in [6, 6.07) is 3.91. The summed E-state index contributed by atoms with van der Waals surface area (Å²) in [4.78, 5) is 2.33. The predicted molar refractivity (Wildman–Crippen MR) is 75.7 cm³/mol. The Morgan fingerprint density at radius 2 is 2.11 bits per heavy atom. The quantitative estimate of drug-likeness (QED) is 0.805. The Balaban J connectivity index is 1.88. The minimum Gasteiger partial charge on any atom is -0.467 e. The number of hydrogen-bond acceptors (Lipinski definition) is 5. The fourth-order valence-corrected chi connectivity index (χ4v) is 2.95. The molecule has 3 heterocycles. The monoisotopic (exact) mass is 278 g/mol. The SMILES string of the molecule is CSc1nnc(N2CCCCC2)n1Cc1ccco1. The minimum atomic E-state index is 0.696. The molecule has 0 bridgehead atoms. The molecule has 0 spiro atoms. The molecule has 2 aromatic rings. The van der Waals surface area contributed by atoms with Crippen molar-refractivity contribution in [1.82, 2.24) is 14.8 Å². The van der Waals surface area contributed by atoms with Crippen LogP contribution < -0.4 is 4.90 Å². The lowest BCUT2D eigenvalue weighted by atomic mass is 10.1. The first-order chi connectivity index (χ1) is 9.38. The third-order valence-corrected chi connectivity index (χ3v) is 4.08. The van der Waals surface area contributed by atoms with Crippen LogP contribution in [0.15, 0.2) is 28.0 Å². The Kier molecular flexibility index (Phi) is 3.77. The zero-order valence-corrected chi connectivity index (χ0v) is 11.9. The molecule has 19 heavy (non-hydrogen) atoms. The zero-order valence-electron chi connectivity index (χ0n) is 11.1. The lowest BCUT2D eigenvalue weighted by Crippen LogP contribution is -2.32. The summed E-state index contributed by atoms with van der Waals surface area (Å²) in [5, 5.41) is 9.59. The topological polar surface area (TPSA) is 47.1 Å². The number of rotatable bonds is 4. The summed E-state index contributed by atoms with van der Waals surface area (Å²) >= 11 is 1.62. The van der Waals surface area contributed by atoms with Crippen molar-refractivity contribution < 1.29 is 4.42 Å².